The number of nitrogens with one attached hydrogen (secondary N) is 1. The first kappa shape index (κ1) is 18.5. The van der Waals surface area contributed by atoms with E-state index in [0.717, 1.165) is 41.0 Å². The highest BCUT2D eigenvalue weighted by Gasteiger charge is 2.47. The maximum absolute atomic E-state index is 6.31. The van der Waals surface area contributed by atoms with E-state index >= 15 is 0 Å². The first-order valence-corrected chi connectivity index (χ1v) is 11.2. The monoisotopic (exact) mass is 395 g/mol. The smallest absolute Gasteiger partial charge is 0.124 e. The molecule has 0 aliphatic heterocycles. The summed E-state index contributed by atoms with van der Waals surface area (Å²) >= 11 is 6.31. The van der Waals surface area contributed by atoms with Gasteiger partial charge in [0.1, 0.15) is 12.4 Å². The van der Waals surface area contributed by atoms with Crippen LogP contribution in [0.3, 0.4) is 0 Å². The van der Waals surface area contributed by atoms with Crippen molar-refractivity contribution in [3.8, 4) is 5.75 Å². The summed E-state index contributed by atoms with van der Waals surface area (Å²) < 4.78 is 6.18. The molecule has 2 aromatic carbocycles. The molecule has 2 nitrogen and oxygen atoms in total. The zero-order valence-electron chi connectivity index (χ0n) is 16.7. The average Bonchev–Trinajstić information content (AvgIpc) is 2.67. The van der Waals surface area contributed by atoms with Crippen LogP contribution >= 0.6 is 11.6 Å². The Bertz CT molecular complexity index is 803. The van der Waals surface area contributed by atoms with Crippen LogP contribution in [0.4, 0.5) is 0 Å². The Balaban J connectivity index is 1.26. The number of hydrogen-bond acceptors (Lipinski definition) is 2. The molecule has 0 aromatic heterocycles. The van der Waals surface area contributed by atoms with Gasteiger partial charge in [0.15, 0.2) is 0 Å². The van der Waals surface area contributed by atoms with Gasteiger partial charge in [0.2, 0.25) is 0 Å². The van der Waals surface area contributed by atoms with Gasteiger partial charge >= 0.3 is 0 Å². The molecular formula is C25H30ClNO. The van der Waals surface area contributed by atoms with Crippen molar-refractivity contribution in [3.05, 3.63) is 64.2 Å². The molecule has 4 aliphatic carbocycles. The van der Waals surface area contributed by atoms with Gasteiger partial charge in [-0.05, 0) is 86.5 Å². The van der Waals surface area contributed by atoms with Crippen molar-refractivity contribution in [2.24, 2.45) is 23.7 Å². The summed E-state index contributed by atoms with van der Waals surface area (Å²) in [5.74, 6) is 4.74. The molecule has 3 heteroatoms. The molecule has 4 saturated carbocycles. The fourth-order valence-corrected chi connectivity index (χ4v) is 6.35. The normalized spacial score (nSPS) is 30.6. The molecule has 2 aromatic rings. The van der Waals surface area contributed by atoms with Crippen LogP contribution in [0.5, 0.6) is 5.75 Å². The third kappa shape index (κ3) is 3.82. The lowest BCUT2D eigenvalue weighted by Crippen LogP contribution is -2.54. The minimum Gasteiger partial charge on any atom is -0.489 e. The van der Waals surface area contributed by atoms with Crippen molar-refractivity contribution in [2.45, 2.75) is 58.2 Å². The largest absolute Gasteiger partial charge is 0.489 e. The Morgan fingerprint density at radius 2 is 1.61 bits per heavy atom. The highest BCUT2D eigenvalue weighted by atomic mass is 35.5. The standard InChI is InChI=1S/C25H30ClNO/c1-16-2-4-17(5-3-16)15-28-24-7-6-23(26)13-22(24)14-27-25-20-9-18-8-19(11-20)12-21(25)10-18/h2-7,13,18-21,25,27H,8-12,14-15H2,1H3. The minimum absolute atomic E-state index is 0.590. The number of aryl methyl sites for hydroxylation is 1. The second kappa shape index (κ2) is 7.72. The molecule has 0 amide bonds. The number of halogens is 1. The first-order chi connectivity index (χ1) is 13.6. The van der Waals surface area contributed by atoms with Gasteiger partial charge < -0.3 is 10.1 Å². The second-order valence-corrected chi connectivity index (χ2v) is 9.80. The highest BCUT2D eigenvalue weighted by molar-refractivity contribution is 6.30. The highest BCUT2D eigenvalue weighted by Crippen LogP contribution is 2.53. The fourth-order valence-electron chi connectivity index (χ4n) is 6.16. The summed E-state index contributed by atoms with van der Waals surface area (Å²) in [6, 6.07) is 15.2. The lowest BCUT2D eigenvalue weighted by molar-refractivity contribution is -0.0143. The number of ether oxygens (including phenoxy) is 1. The van der Waals surface area contributed by atoms with Gasteiger partial charge in [-0.15, -0.1) is 0 Å². The molecule has 0 unspecified atom stereocenters. The summed E-state index contributed by atoms with van der Waals surface area (Å²) in [5, 5.41) is 4.70. The van der Waals surface area contributed by atoms with Crippen molar-refractivity contribution in [3.63, 3.8) is 0 Å². The third-order valence-corrected chi connectivity index (χ3v) is 7.53. The Morgan fingerprint density at radius 3 is 2.29 bits per heavy atom. The van der Waals surface area contributed by atoms with Crippen LogP contribution in [0.25, 0.3) is 0 Å². The van der Waals surface area contributed by atoms with Gasteiger partial charge in [-0.1, -0.05) is 41.4 Å². The molecular weight excluding hydrogens is 366 g/mol. The predicted octanol–water partition coefficient (Wildman–Crippen LogP) is 6.14. The Labute approximate surface area is 173 Å². The summed E-state index contributed by atoms with van der Waals surface area (Å²) in [4.78, 5) is 0. The molecule has 0 radical (unpaired) electrons. The van der Waals surface area contributed by atoms with Crippen molar-refractivity contribution in [2.75, 3.05) is 0 Å². The minimum atomic E-state index is 0.590. The van der Waals surface area contributed by atoms with E-state index < -0.39 is 0 Å². The summed E-state index contributed by atoms with van der Waals surface area (Å²) in [5.41, 5.74) is 3.64. The van der Waals surface area contributed by atoms with Crippen LogP contribution in [-0.2, 0) is 13.2 Å². The van der Waals surface area contributed by atoms with Crippen molar-refractivity contribution in [1.29, 1.82) is 0 Å². The Hall–Kier alpha value is -1.51. The first-order valence-electron chi connectivity index (χ1n) is 10.8. The number of hydrogen-bond donors (Lipinski definition) is 1. The summed E-state index contributed by atoms with van der Waals surface area (Å²) in [6.45, 7) is 3.54. The van der Waals surface area contributed by atoms with Crippen molar-refractivity contribution >= 4 is 11.6 Å². The molecule has 148 valence electrons. The van der Waals surface area contributed by atoms with Crippen LogP contribution in [0, 0.1) is 30.6 Å². The van der Waals surface area contributed by atoms with Crippen LogP contribution in [0.1, 0.15) is 48.8 Å². The van der Waals surface area contributed by atoms with Crippen LogP contribution < -0.4 is 10.1 Å². The zero-order chi connectivity index (χ0) is 19.1. The average molecular weight is 396 g/mol. The van der Waals surface area contributed by atoms with Gasteiger partial charge in [0.25, 0.3) is 0 Å². The van der Waals surface area contributed by atoms with Gasteiger partial charge in [0, 0.05) is 23.2 Å². The molecule has 0 spiro atoms. The maximum Gasteiger partial charge on any atom is 0.124 e. The molecule has 6 rings (SSSR count). The summed E-state index contributed by atoms with van der Waals surface area (Å²) in [7, 11) is 0. The second-order valence-electron chi connectivity index (χ2n) is 9.36. The van der Waals surface area contributed by atoms with E-state index in [0.29, 0.717) is 12.6 Å². The van der Waals surface area contributed by atoms with E-state index in [1.165, 1.54) is 48.8 Å². The SMILES string of the molecule is Cc1ccc(COc2ccc(Cl)cc2CNC2C3CC4CC(C3)CC2C4)cc1. The Morgan fingerprint density at radius 1 is 0.929 bits per heavy atom. The third-order valence-electron chi connectivity index (χ3n) is 7.29. The Kier molecular flexibility index (Phi) is 5.11. The molecule has 4 bridgehead atoms. The maximum atomic E-state index is 6.31. The van der Waals surface area contributed by atoms with Gasteiger partial charge in [-0.25, -0.2) is 0 Å². The zero-order valence-corrected chi connectivity index (χ0v) is 17.4. The molecule has 0 heterocycles. The van der Waals surface area contributed by atoms with Crippen LogP contribution in [-0.4, -0.2) is 6.04 Å². The fraction of sp³-hybridized carbons (Fsp3) is 0.520. The van der Waals surface area contributed by atoms with E-state index in [1.807, 2.05) is 12.1 Å². The number of benzene rings is 2. The molecule has 4 fully saturated rings. The summed E-state index contributed by atoms with van der Waals surface area (Å²) in [6.07, 6.45) is 7.27. The lowest BCUT2D eigenvalue weighted by Gasteiger charge is -2.54. The quantitative estimate of drug-likeness (QED) is 0.634. The molecule has 28 heavy (non-hydrogen) atoms. The van der Waals surface area contributed by atoms with Gasteiger partial charge in [-0.3, -0.25) is 0 Å². The van der Waals surface area contributed by atoms with Gasteiger partial charge in [0.05, 0.1) is 0 Å². The predicted molar refractivity (Wildman–Crippen MR) is 115 cm³/mol. The molecule has 0 saturated heterocycles. The van der Waals surface area contributed by atoms with E-state index in [4.69, 9.17) is 16.3 Å². The van der Waals surface area contributed by atoms with Crippen LogP contribution in [0.15, 0.2) is 42.5 Å². The lowest BCUT2D eigenvalue weighted by atomic mass is 9.54. The van der Waals surface area contributed by atoms with E-state index in [-0.39, 0.29) is 0 Å². The topological polar surface area (TPSA) is 21.3 Å². The molecule has 1 N–H and O–H groups in total. The van der Waals surface area contributed by atoms with Crippen molar-refractivity contribution in [1.82, 2.24) is 5.32 Å². The number of rotatable bonds is 6. The van der Waals surface area contributed by atoms with E-state index in [1.54, 1.807) is 0 Å². The van der Waals surface area contributed by atoms with Crippen molar-refractivity contribution < 1.29 is 4.74 Å². The van der Waals surface area contributed by atoms with Gasteiger partial charge in [-0.2, -0.15) is 0 Å². The van der Waals surface area contributed by atoms with E-state index in [9.17, 15) is 0 Å². The molecule has 4 aliphatic rings. The van der Waals surface area contributed by atoms with Crippen LogP contribution in [0.2, 0.25) is 5.02 Å². The van der Waals surface area contributed by atoms with E-state index in [2.05, 4.69) is 42.6 Å². The molecule has 0 atom stereocenters.